The zero-order valence-electron chi connectivity index (χ0n) is 13.0. The summed E-state index contributed by atoms with van der Waals surface area (Å²) >= 11 is 6.08. The summed E-state index contributed by atoms with van der Waals surface area (Å²) in [5.41, 5.74) is 1.16. The molecule has 0 heterocycles. The van der Waals surface area contributed by atoms with Crippen molar-refractivity contribution >= 4 is 11.6 Å². The van der Waals surface area contributed by atoms with Crippen LogP contribution in [-0.2, 0) is 10.2 Å². The summed E-state index contributed by atoms with van der Waals surface area (Å²) in [6.07, 6.45) is 1.02. The molecule has 0 fully saturated rings. The molecule has 1 aromatic carbocycles. The van der Waals surface area contributed by atoms with E-state index < -0.39 is 0 Å². The molecular weight excluding hydrogens is 274 g/mol. The topological polar surface area (TPSA) is 30.5 Å². The van der Waals surface area contributed by atoms with Crippen molar-refractivity contribution in [3.8, 4) is 5.75 Å². The Morgan fingerprint density at radius 2 is 1.90 bits per heavy atom. The number of nitrogens with one attached hydrogen (secondary N) is 1. The van der Waals surface area contributed by atoms with Crippen molar-refractivity contribution in [1.29, 1.82) is 0 Å². The molecule has 0 spiro atoms. The Morgan fingerprint density at radius 3 is 2.55 bits per heavy atom. The Balaban J connectivity index is 2.44. The van der Waals surface area contributed by atoms with Crippen LogP contribution in [0, 0.1) is 0 Å². The van der Waals surface area contributed by atoms with E-state index in [0.29, 0.717) is 6.61 Å². The van der Waals surface area contributed by atoms with Crippen molar-refractivity contribution in [2.45, 2.75) is 32.6 Å². The standard InChI is InChI=1S/C16H26ClNO2/c1-16(2,3)14-12-13(17)6-7-15(14)20-11-9-18-8-5-10-19-4/h6-7,12,18H,5,8-11H2,1-4H3. The van der Waals surface area contributed by atoms with Crippen LogP contribution in [0.3, 0.4) is 0 Å². The van der Waals surface area contributed by atoms with Gasteiger partial charge in [-0.05, 0) is 36.6 Å². The highest BCUT2D eigenvalue weighted by Crippen LogP contribution is 2.33. The van der Waals surface area contributed by atoms with Gasteiger partial charge >= 0.3 is 0 Å². The molecular formula is C16H26ClNO2. The highest BCUT2D eigenvalue weighted by Gasteiger charge is 2.19. The fraction of sp³-hybridized carbons (Fsp3) is 0.625. The van der Waals surface area contributed by atoms with Gasteiger partial charge in [-0.2, -0.15) is 0 Å². The normalized spacial score (nSPS) is 11.7. The molecule has 1 rings (SSSR count). The van der Waals surface area contributed by atoms with E-state index in [-0.39, 0.29) is 5.41 Å². The van der Waals surface area contributed by atoms with Gasteiger partial charge in [0.25, 0.3) is 0 Å². The maximum absolute atomic E-state index is 6.08. The fourth-order valence-electron chi connectivity index (χ4n) is 1.91. The molecule has 0 saturated heterocycles. The van der Waals surface area contributed by atoms with Crippen molar-refractivity contribution in [1.82, 2.24) is 5.32 Å². The molecule has 0 aliphatic rings. The molecule has 0 saturated carbocycles. The molecule has 1 N–H and O–H groups in total. The van der Waals surface area contributed by atoms with Gasteiger partial charge in [-0.3, -0.25) is 0 Å². The summed E-state index contributed by atoms with van der Waals surface area (Å²) in [5.74, 6) is 0.917. The predicted octanol–water partition coefficient (Wildman–Crippen LogP) is 3.64. The van der Waals surface area contributed by atoms with E-state index in [2.05, 4.69) is 26.1 Å². The number of hydrogen-bond acceptors (Lipinski definition) is 3. The zero-order valence-corrected chi connectivity index (χ0v) is 13.7. The molecule has 0 bridgehead atoms. The first-order valence-corrected chi connectivity index (χ1v) is 7.45. The second-order valence-corrected chi connectivity index (χ2v) is 6.27. The summed E-state index contributed by atoms with van der Waals surface area (Å²) in [7, 11) is 1.72. The van der Waals surface area contributed by atoms with Gasteiger partial charge in [0.15, 0.2) is 0 Å². The van der Waals surface area contributed by atoms with Crippen LogP contribution in [0.1, 0.15) is 32.8 Å². The average molecular weight is 300 g/mol. The second kappa shape index (κ2) is 8.50. The quantitative estimate of drug-likeness (QED) is 0.743. The average Bonchev–Trinajstić information content (AvgIpc) is 2.38. The Bertz CT molecular complexity index is 402. The van der Waals surface area contributed by atoms with E-state index in [1.54, 1.807) is 7.11 Å². The van der Waals surface area contributed by atoms with Crippen LogP contribution in [-0.4, -0.2) is 33.4 Å². The van der Waals surface area contributed by atoms with Gasteiger partial charge in [0.05, 0.1) is 0 Å². The SMILES string of the molecule is COCCCNCCOc1ccc(Cl)cc1C(C)(C)C. The molecule has 3 nitrogen and oxygen atoms in total. The monoisotopic (exact) mass is 299 g/mol. The van der Waals surface area contributed by atoms with Crippen molar-refractivity contribution in [2.24, 2.45) is 0 Å². The second-order valence-electron chi connectivity index (χ2n) is 5.84. The lowest BCUT2D eigenvalue weighted by Gasteiger charge is -2.23. The van der Waals surface area contributed by atoms with Crippen LogP contribution in [0.25, 0.3) is 0 Å². The molecule has 4 heteroatoms. The number of rotatable bonds is 8. The van der Waals surface area contributed by atoms with Crippen LogP contribution < -0.4 is 10.1 Å². The van der Waals surface area contributed by atoms with E-state index in [1.165, 1.54) is 0 Å². The molecule has 0 amide bonds. The molecule has 20 heavy (non-hydrogen) atoms. The molecule has 114 valence electrons. The Morgan fingerprint density at radius 1 is 1.15 bits per heavy atom. The Labute approximate surface area is 127 Å². The smallest absolute Gasteiger partial charge is 0.123 e. The molecule has 1 aromatic rings. The van der Waals surface area contributed by atoms with Gasteiger partial charge in [0.1, 0.15) is 12.4 Å². The fourth-order valence-corrected chi connectivity index (χ4v) is 2.09. The van der Waals surface area contributed by atoms with Gasteiger partial charge < -0.3 is 14.8 Å². The van der Waals surface area contributed by atoms with Gasteiger partial charge in [0.2, 0.25) is 0 Å². The zero-order chi connectivity index (χ0) is 15.0. The van der Waals surface area contributed by atoms with Gasteiger partial charge in [0, 0.05) is 30.8 Å². The van der Waals surface area contributed by atoms with Crippen molar-refractivity contribution < 1.29 is 9.47 Å². The summed E-state index contributed by atoms with van der Waals surface area (Å²) in [5, 5.41) is 4.08. The minimum atomic E-state index is 0.0200. The molecule has 0 unspecified atom stereocenters. The number of halogens is 1. The number of benzene rings is 1. The molecule has 0 radical (unpaired) electrons. The summed E-state index contributed by atoms with van der Waals surface area (Å²) in [6, 6.07) is 5.81. The summed E-state index contributed by atoms with van der Waals surface area (Å²) in [4.78, 5) is 0. The third-order valence-corrected chi connectivity index (χ3v) is 3.22. The van der Waals surface area contributed by atoms with Crippen LogP contribution in [0.5, 0.6) is 5.75 Å². The van der Waals surface area contributed by atoms with E-state index in [1.807, 2.05) is 18.2 Å². The molecule has 0 aliphatic heterocycles. The van der Waals surface area contributed by atoms with Crippen LogP contribution in [0.4, 0.5) is 0 Å². The first-order chi connectivity index (χ1) is 9.45. The summed E-state index contributed by atoms with van der Waals surface area (Å²) in [6.45, 7) is 9.70. The maximum atomic E-state index is 6.08. The summed E-state index contributed by atoms with van der Waals surface area (Å²) < 4.78 is 10.9. The Kier molecular flexibility index (Phi) is 7.35. The molecule has 0 aromatic heterocycles. The van der Waals surface area contributed by atoms with Gasteiger partial charge in [-0.1, -0.05) is 32.4 Å². The van der Waals surface area contributed by atoms with Gasteiger partial charge in [-0.25, -0.2) is 0 Å². The van der Waals surface area contributed by atoms with E-state index >= 15 is 0 Å². The van der Waals surface area contributed by atoms with Crippen LogP contribution in [0.2, 0.25) is 5.02 Å². The Hall–Kier alpha value is -0.770. The first kappa shape index (κ1) is 17.3. The highest BCUT2D eigenvalue weighted by molar-refractivity contribution is 6.30. The third kappa shape index (κ3) is 6.12. The minimum absolute atomic E-state index is 0.0200. The number of ether oxygens (including phenoxy) is 2. The highest BCUT2D eigenvalue weighted by atomic mass is 35.5. The van der Waals surface area contributed by atoms with Crippen LogP contribution in [0.15, 0.2) is 18.2 Å². The van der Waals surface area contributed by atoms with Crippen LogP contribution >= 0.6 is 11.6 Å². The first-order valence-electron chi connectivity index (χ1n) is 7.07. The van der Waals surface area contributed by atoms with E-state index in [4.69, 9.17) is 21.1 Å². The lowest BCUT2D eigenvalue weighted by atomic mass is 9.86. The van der Waals surface area contributed by atoms with Gasteiger partial charge in [-0.15, -0.1) is 0 Å². The lowest BCUT2D eigenvalue weighted by molar-refractivity contribution is 0.193. The lowest BCUT2D eigenvalue weighted by Crippen LogP contribution is -2.23. The maximum Gasteiger partial charge on any atom is 0.123 e. The molecule has 0 aliphatic carbocycles. The molecule has 0 atom stereocenters. The van der Waals surface area contributed by atoms with Crippen molar-refractivity contribution in [3.05, 3.63) is 28.8 Å². The third-order valence-electron chi connectivity index (χ3n) is 2.99. The van der Waals surface area contributed by atoms with Crippen molar-refractivity contribution in [2.75, 3.05) is 33.4 Å². The predicted molar refractivity (Wildman–Crippen MR) is 85.0 cm³/mol. The largest absolute Gasteiger partial charge is 0.492 e. The number of hydrogen-bond donors (Lipinski definition) is 1. The minimum Gasteiger partial charge on any atom is -0.492 e. The van der Waals surface area contributed by atoms with Crippen molar-refractivity contribution in [3.63, 3.8) is 0 Å². The van der Waals surface area contributed by atoms with E-state index in [9.17, 15) is 0 Å². The van der Waals surface area contributed by atoms with E-state index in [0.717, 1.165) is 42.5 Å². The number of methoxy groups -OCH3 is 1.